The second kappa shape index (κ2) is 8.84. The first-order chi connectivity index (χ1) is 9.15. The lowest BCUT2D eigenvalue weighted by atomic mass is 10.3. The number of ether oxygens (including phenoxy) is 1. The maximum absolute atomic E-state index is 12.1. The van der Waals surface area contributed by atoms with Gasteiger partial charge in [-0.15, -0.1) is 0 Å². The van der Waals surface area contributed by atoms with Crippen LogP contribution in [0.1, 0.15) is 13.3 Å². The van der Waals surface area contributed by atoms with Crippen LogP contribution in [0.2, 0.25) is 0 Å². The normalized spacial score (nSPS) is 13.2. The van der Waals surface area contributed by atoms with E-state index in [9.17, 15) is 14.5 Å². The highest BCUT2D eigenvalue weighted by atomic mass is 31.1. The maximum Gasteiger partial charge on any atom is 0.331 e. The molecule has 1 atom stereocenters. The molecule has 0 spiro atoms. The molecular weight excluding hydrogens is 281 g/mol. The van der Waals surface area contributed by atoms with Crippen molar-refractivity contribution >= 4 is 25.0 Å². The zero-order chi connectivity index (χ0) is 15.8. The van der Waals surface area contributed by atoms with E-state index in [2.05, 4.69) is 0 Å². The number of carboxylic acid groups (broad SMARTS) is 1. The van der Waals surface area contributed by atoms with Gasteiger partial charge in [0.1, 0.15) is 11.8 Å². The second-order valence-corrected chi connectivity index (χ2v) is 7.15. The van der Waals surface area contributed by atoms with Crippen LogP contribution in [0.3, 0.4) is 0 Å². The van der Waals surface area contributed by atoms with Gasteiger partial charge in [0.15, 0.2) is 12.8 Å². The number of hydrogen-bond acceptors (Lipinski definition) is 4. The maximum atomic E-state index is 12.1. The molecule has 0 aromatic rings. The van der Waals surface area contributed by atoms with Crippen molar-refractivity contribution in [1.82, 2.24) is 0 Å². The number of rotatable bonds is 8. The Balaban J connectivity index is 4.46. The fraction of sp³-hybridized carbons (Fsp3) is 0.615. The van der Waals surface area contributed by atoms with Crippen molar-refractivity contribution in [3.05, 3.63) is 12.2 Å². The van der Waals surface area contributed by atoms with Crippen molar-refractivity contribution in [1.29, 1.82) is 0 Å². The third kappa shape index (κ3) is 9.67. The molecule has 20 heavy (non-hydrogen) atoms. The van der Waals surface area contributed by atoms with Crippen molar-refractivity contribution in [2.75, 3.05) is 40.5 Å². The quantitative estimate of drug-likeness (QED) is 0.300. The molecule has 0 saturated carbocycles. The molecule has 0 heterocycles. The lowest BCUT2D eigenvalue weighted by Crippen LogP contribution is -2.37. The Kier molecular flexibility index (Phi) is 8.30. The molecule has 0 rings (SSSR count). The summed E-state index contributed by atoms with van der Waals surface area (Å²) < 4.78 is 5.60. The van der Waals surface area contributed by atoms with Gasteiger partial charge in [-0.3, -0.25) is 0 Å². The van der Waals surface area contributed by atoms with E-state index in [1.807, 2.05) is 28.1 Å². The number of quaternary nitrogens is 1. The van der Waals surface area contributed by atoms with Crippen LogP contribution in [0.15, 0.2) is 12.2 Å². The minimum atomic E-state index is -1.53. The van der Waals surface area contributed by atoms with Crippen LogP contribution in [0.4, 0.5) is 0 Å². The van der Waals surface area contributed by atoms with Crippen LogP contribution in [0.5, 0.6) is 0 Å². The molecule has 0 bridgehead atoms. The average molecular weight is 304 g/mol. The summed E-state index contributed by atoms with van der Waals surface area (Å²) >= 11 is 0. The topological polar surface area (TPSA) is 86.7 Å². The van der Waals surface area contributed by atoms with Gasteiger partial charge in [0.2, 0.25) is 0 Å². The van der Waals surface area contributed by atoms with Crippen LogP contribution in [-0.4, -0.2) is 67.3 Å². The molecule has 114 valence electrons. The highest BCUT2D eigenvalue weighted by Gasteiger charge is 2.15. The molecule has 6 nitrogen and oxygen atoms in total. The van der Waals surface area contributed by atoms with Crippen LogP contribution in [0, 0.1) is 0 Å². The molecular formula is C13H23NO5P+. The number of carboxylic acids is 1. The van der Waals surface area contributed by atoms with Crippen LogP contribution in [0.25, 0.3) is 0 Å². The van der Waals surface area contributed by atoms with E-state index in [0.29, 0.717) is 24.0 Å². The van der Waals surface area contributed by atoms with Crippen LogP contribution in [-0.2, 0) is 14.3 Å². The van der Waals surface area contributed by atoms with Crippen LogP contribution >= 0.6 is 7.77 Å². The highest BCUT2D eigenvalue weighted by molar-refractivity contribution is 7.51. The fourth-order valence-electron chi connectivity index (χ4n) is 1.24. The first-order valence-electron chi connectivity index (χ1n) is 6.33. The standard InChI is InChI=1S/C13H22NO5P/c1-5-11(20(18)9-8-14(2,3)4)10-19-13(17)7-6-12(15)16/h6-7H,5,8-10H2,1-4H3/p+1/b7-6-. The molecule has 1 unspecified atom stereocenters. The third-order valence-corrected chi connectivity index (χ3v) is 4.23. The number of aliphatic carboxylic acids is 1. The predicted molar refractivity (Wildman–Crippen MR) is 77.7 cm³/mol. The predicted octanol–water partition coefficient (Wildman–Crippen LogP) is 0.216. The molecule has 1 N–H and O–H groups in total. The van der Waals surface area contributed by atoms with Gasteiger partial charge in [0.05, 0.1) is 28.9 Å². The summed E-state index contributed by atoms with van der Waals surface area (Å²) in [5.74, 6) is -1.95. The van der Waals surface area contributed by atoms with E-state index < -0.39 is 19.7 Å². The van der Waals surface area contributed by atoms with Gasteiger partial charge in [-0.2, -0.15) is 0 Å². The summed E-state index contributed by atoms with van der Waals surface area (Å²) in [7, 11) is 4.53. The molecule has 0 amide bonds. The third-order valence-electron chi connectivity index (χ3n) is 2.48. The van der Waals surface area contributed by atoms with Gasteiger partial charge in [0.25, 0.3) is 0 Å². The average Bonchev–Trinajstić information content (AvgIpc) is 2.33. The first-order valence-corrected chi connectivity index (χ1v) is 7.77. The minimum absolute atomic E-state index is 0.0222. The van der Waals surface area contributed by atoms with Crippen molar-refractivity contribution < 1.29 is 28.8 Å². The van der Waals surface area contributed by atoms with E-state index in [0.717, 1.165) is 17.1 Å². The van der Waals surface area contributed by atoms with Gasteiger partial charge in [-0.1, -0.05) is 6.92 Å². The van der Waals surface area contributed by atoms with Crippen molar-refractivity contribution in [3.8, 4) is 0 Å². The van der Waals surface area contributed by atoms with Gasteiger partial charge in [0, 0.05) is 18.6 Å². The van der Waals surface area contributed by atoms with Crippen molar-refractivity contribution in [2.45, 2.75) is 13.3 Å². The number of nitrogens with zero attached hydrogens (tertiary/aromatic N) is 1. The highest BCUT2D eigenvalue weighted by Crippen LogP contribution is 2.17. The smallest absolute Gasteiger partial charge is 0.331 e. The van der Waals surface area contributed by atoms with Gasteiger partial charge in [-0.05, 0) is 0 Å². The van der Waals surface area contributed by atoms with E-state index in [-0.39, 0.29) is 6.61 Å². The molecule has 0 aliphatic rings. The van der Waals surface area contributed by atoms with Gasteiger partial charge in [-0.25, -0.2) is 9.59 Å². The molecule has 0 radical (unpaired) electrons. The molecule has 0 fully saturated rings. The summed E-state index contributed by atoms with van der Waals surface area (Å²) in [5, 5.41) is 9.06. The zero-order valence-electron chi connectivity index (χ0n) is 12.5. The summed E-state index contributed by atoms with van der Waals surface area (Å²) in [6, 6.07) is 0. The largest absolute Gasteiger partial charge is 0.630 e. The van der Waals surface area contributed by atoms with Crippen molar-refractivity contribution in [3.63, 3.8) is 0 Å². The molecule has 0 saturated heterocycles. The first kappa shape index (κ1) is 18.8. The fourth-order valence-corrected chi connectivity index (χ4v) is 2.90. The van der Waals surface area contributed by atoms with Crippen LogP contribution < -0.4 is 4.89 Å². The van der Waals surface area contributed by atoms with Gasteiger partial charge >= 0.3 is 11.9 Å². The Morgan fingerprint density at radius 1 is 1.30 bits per heavy atom. The zero-order valence-corrected chi connectivity index (χ0v) is 13.4. The van der Waals surface area contributed by atoms with Crippen molar-refractivity contribution in [2.24, 2.45) is 0 Å². The summed E-state index contributed by atoms with van der Waals surface area (Å²) in [4.78, 5) is 33.6. The number of hydrogen-bond donors (Lipinski definition) is 1. The monoisotopic (exact) mass is 304 g/mol. The Morgan fingerprint density at radius 2 is 1.90 bits per heavy atom. The summed E-state index contributed by atoms with van der Waals surface area (Å²) in [5.41, 5.74) is 0. The molecule has 0 aromatic heterocycles. The van der Waals surface area contributed by atoms with E-state index in [1.54, 1.807) is 0 Å². The number of esters is 1. The molecule has 0 aromatic carbocycles. The molecule has 7 heteroatoms. The Labute approximate surface area is 120 Å². The summed E-state index contributed by atoms with van der Waals surface area (Å²) in [6.45, 7) is 2.60. The Bertz CT molecular complexity index is 409. The SMILES string of the molecule is CCC(COC(=O)/C=C\C(=O)O)=[P+]([O-])CC[N+](C)(C)C. The van der Waals surface area contributed by atoms with Gasteiger partial charge < -0.3 is 19.2 Å². The number of carbonyl (C=O) groups is 2. The number of carbonyl (C=O) groups excluding carboxylic acids is 1. The Hall–Kier alpha value is -1.23. The molecule has 0 aliphatic carbocycles. The minimum Gasteiger partial charge on any atom is -0.630 e. The van der Waals surface area contributed by atoms with E-state index >= 15 is 0 Å². The second-order valence-electron chi connectivity index (χ2n) is 5.32. The lowest BCUT2D eigenvalue weighted by molar-refractivity contribution is -0.867. The summed E-state index contributed by atoms with van der Waals surface area (Å²) in [6.07, 6.45) is 2.67. The van der Waals surface area contributed by atoms with E-state index in [4.69, 9.17) is 9.84 Å². The lowest BCUT2D eigenvalue weighted by Gasteiger charge is -2.22. The van der Waals surface area contributed by atoms with E-state index in [1.165, 1.54) is 0 Å². The molecule has 0 aliphatic heterocycles. The Morgan fingerprint density at radius 3 is 2.35 bits per heavy atom.